The standard InChI is InChI=1S/C15H19N5/c16-20-15(18-12-5-1-2-6-12)19-14-7-3-4-11-8-9-17-10-13(11)14/h3-4,7-10,12H,1-2,5-6,16H2,(H2,18,19,20). The van der Waals surface area contributed by atoms with Gasteiger partial charge in [0.1, 0.15) is 0 Å². The molecule has 0 spiro atoms. The average molecular weight is 269 g/mol. The summed E-state index contributed by atoms with van der Waals surface area (Å²) in [6.07, 6.45) is 8.44. The van der Waals surface area contributed by atoms with Crippen LogP contribution in [0.2, 0.25) is 0 Å². The van der Waals surface area contributed by atoms with Crippen molar-refractivity contribution < 1.29 is 0 Å². The zero-order valence-electron chi connectivity index (χ0n) is 11.3. The number of guanidine groups is 1. The summed E-state index contributed by atoms with van der Waals surface area (Å²) < 4.78 is 0. The molecule has 0 saturated heterocycles. The van der Waals surface area contributed by atoms with Gasteiger partial charge in [0.25, 0.3) is 0 Å². The van der Waals surface area contributed by atoms with E-state index in [4.69, 9.17) is 5.84 Å². The van der Waals surface area contributed by atoms with Gasteiger partial charge in [0.05, 0.1) is 11.7 Å². The lowest BCUT2D eigenvalue weighted by Gasteiger charge is -2.13. The van der Waals surface area contributed by atoms with E-state index in [9.17, 15) is 0 Å². The Morgan fingerprint density at radius 1 is 1.25 bits per heavy atom. The first-order valence-corrected chi connectivity index (χ1v) is 7.01. The third-order valence-electron chi connectivity index (χ3n) is 3.71. The highest BCUT2D eigenvalue weighted by atomic mass is 15.3. The van der Waals surface area contributed by atoms with Gasteiger partial charge in [-0.05, 0) is 30.4 Å². The first-order chi connectivity index (χ1) is 9.86. The molecule has 0 atom stereocenters. The van der Waals surface area contributed by atoms with E-state index in [-0.39, 0.29) is 0 Å². The molecule has 1 aliphatic rings. The van der Waals surface area contributed by atoms with Crippen molar-refractivity contribution in [1.29, 1.82) is 0 Å². The maximum atomic E-state index is 5.58. The summed E-state index contributed by atoms with van der Waals surface area (Å²) in [5, 5.41) is 5.47. The molecule has 0 bridgehead atoms. The molecule has 4 N–H and O–H groups in total. The zero-order chi connectivity index (χ0) is 13.8. The van der Waals surface area contributed by atoms with Crippen LogP contribution in [0.25, 0.3) is 10.8 Å². The van der Waals surface area contributed by atoms with Crippen molar-refractivity contribution in [3.8, 4) is 0 Å². The van der Waals surface area contributed by atoms with Crippen molar-refractivity contribution in [2.24, 2.45) is 10.8 Å². The van der Waals surface area contributed by atoms with Gasteiger partial charge in [-0.2, -0.15) is 0 Å². The molecule has 1 heterocycles. The average Bonchev–Trinajstić information content (AvgIpc) is 3.00. The van der Waals surface area contributed by atoms with Gasteiger partial charge in [0.15, 0.2) is 0 Å². The lowest BCUT2D eigenvalue weighted by molar-refractivity contribution is 0.700. The first kappa shape index (κ1) is 12.9. The molecule has 0 radical (unpaired) electrons. The predicted octanol–water partition coefficient (Wildman–Crippen LogP) is 2.41. The van der Waals surface area contributed by atoms with E-state index in [0.29, 0.717) is 12.0 Å². The molecule has 3 rings (SSSR count). The van der Waals surface area contributed by atoms with Gasteiger partial charge in [-0.3, -0.25) is 10.4 Å². The monoisotopic (exact) mass is 269 g/mol. The molecular weight excluding hydrogens is 250 g/mol. The summed E-state index contributed by atoms with van der Waals surface area (Å²) in [6.45, 7) is 0. The second kappa shape index (κ2) is 5.88. The van der Waals surface area contributed by atoms with Crippen LogP contribution < -0.4 is 16.6 Å². The lowest BCUT2D eigenvalue weighted by atomic mass is 10.1. The fourth-order valence-electron chi connectivity index (χ4n) is 2.67. The molecule has 1 fully saturated rings. The number of hydrazine groups is 1. The quantitative estimate of drug-likeness (QED) is 0.339. The van der Waals surface area contributed by atoms with Gasteiger partial charge in [-0.15, -0.1) is 0 Å². The number of nitrogens with zero attached hydrogens (tertiary/aromatic N) is 2. The summed E-state index contributed by atoms with van der Waals surface area (Å²) in [4.78, 5) is 8.82. The summed E-state index contributed by atoms with van der Waals surface area (Å²) in [6, 6.07) is 8.44. The summed E-state index contributed by atoms with van der Waals surface area (Å²) >= 11 is 0. The van der Waals surface area contributed by atoms with E-state index in [2.05, 4.69) is 26.8 Å². The van der Waals surface area contributed by atoms with E-state index in [1.54, 1.807) is 6.20 Å². The van der Waals surface area contributed by atoms with Gasteiger partial charge in [0, 0.05) is 17.8 Å². The Kier molecular flexibility index (Phi) is 3.78. The largest absolute Gasteiger partial charge is 0.325 e. The normalized spacial score (nSPS) is 16.6. The summed E-state index contributed by atoms with van der Waals surface area (Å²) in [5.74, 6) is 6.20. The van der Waals surface area contributed by atoms with Crippen LogP contribution in [-0.2, 0) is 0 Å². The molecule has 1 aromatic heterocycles. The number of pyridine rings is 1. The minimum atomic E-state index is 0.377. The van der Waals surface area contributed by atoms with Gasteiger partial charge in [-0.25, -0.2) is 10.8 Å². The fourth-order valence-corrected chi connectivity index (χ4v) is 2.67. The van der Waals surface area contributed by atoms with Crippen LogP contribution in [0.15, 0.2) is 41.7 Å². The van der Waals surface area contributed by atoms with E-state index in [0.717, 1.165) is 29.3 Å². The van der Waals surface area contributed by atoms with Gasteiger partial charge in [-0.1, -0.05) is 25.0 Å². The third-order valence-corrected chi connectivity index (χ3v) is 3.71. The van der Waals surface area contributed by atoms with Gasteiger partial charge >= 0.3 is 0 Å². The lowest BCUT2D eigenvalue weighted by Crippen LogP contribution is -2.37. The maximum Gasteiger partial charge on any atom is 0.210 e. The van der Waals surface area contributed by atoms with Gasteiger partial charge in [0.2, 0.25) is 5.96 Å². The number of rotatable bonds is 2. The highest BCUT2D eigenvalue weighted by Gasteiger charge is 2.14. The molecule has 0 aliphatic heterocycles. The summed E-state index contributed by atoms with van der Waals surface area (Å²) in [5.41, 5.74) is 3.62. The first-order valence-electron chi connectivity index (χ1n) is 7.01. The van der Waals surface area contributed by atoms with E-state index < -0.39 is 0 Å². The maximum absolute atomic E-state index is 5.58. The fraction of sp³-hybridized carbons (Fsp3) is 0.333. The number of aliphatic imine (C=N–C) groups is 1. The minimum Gasteiger partial charge on any atom is -0.325 e. The van der Waals surface area contributed by atoms with E-state index >= 15 is 0 Å². The Hall–Kier alpha value is -2.14. The van der Waals surface area contributed by atoms with Crippen LogP contribution in [0, 0.1) is 0 Å². The Morgan fingerprint density at radius 3 is 2.90 bits per heavy atom. The number of fused-ring (bicyclic) bond motifs is 1. The zero-order valence-corrected chi connectivity index (χ0v) is 11.3. The van der Waals surface area contributed by atoms with Crippen molar-refractivity contribution in [3.63, 3.8) is 0 Å². The molecule has 104 valence electrons. The van der Waals surface area contributed by atoms with Crippen molar-refractivity contribution in [2.75, 3.05) is 5.32 Å². The van der Waals surface area contributed by atoms with E-state index in [1.165, 1.54) is 12.8 Å². The van der Waals surface area contributed by atoms with Crippen molar-refractivity contribution in [3.05, 3.63) is 36.7 Å². The van der Waals surface area contributed by atoms with Crippen molar-refractivity contribution in [2.45, 2.75) is 31.7 Å². The highest BCUT2D eigenvalue weighted by molar-refractivity contribution is 6.02. The Labute approximate surface area is 118 Å². The summed E-state index contributed by atoms with van der Waals surface area (Å²) in [7, 11) is 0. The Balaban J connectivity index is 1.87. The van der Waals surface area contributed by atoms with Crippen molar-refractivity contribution >= 4 is 22.4 Å². The smallest absolute Gasteiger partial charge is 0.210 e. The second-order valence-electron chi connectivity index (χ2n) is 5.09. The molecule has 5 heteroatoms. The molecule has 0 unspecified atom stereocenters. The van der Waals surface area contributed by atoms with Crippen LogP contribution >= 0.6 is 0 Å². The van der Waals surface area contributed by atoms with E-state index in [1.807, 2.05) is 24.4 Å². The number of nitrogens with two attached hydrogens (primary N) is 1. The topological polar surface area (TPSA) is 75.3 Å². The minimum absolute atomic E-state index is 0.377. The van der Waals surface area contributed by atoms with Gasteiger partial charge < -0.3 is 5.32 Å². The molecule has 1 aromatic carbocycles. The number of benzene rings is 1. The number of hydrogen-bond donors (Lipinski definition) is 3. The molecule has 5 nitrogen and oxygen atoms in total. The molecule has 1 saturated carbocycles. The number of aromatic nitrogens is 1. The molecule has 2 aromatic rings. The second-order valence-corrected chi connectivity index (χ2v) is 5.09. The molecule has 1 aliphatic carbocycles. The molecular formula is C15H19N5. The Morgan fingerprint density at radius 2 is 2.10 bits per heavy atom. The van der Waals surface area contributed by atoms with Crippen LogP contribution in [0.5, 0.6) is 0 Å². The SMILES string of the molecule is NNC(=NC1CCCC1)Nc1cccc2ccncc12. The highest BCUT2D eigenvalue weighted by Crippen LogP contribution is 2.23. The van der Waals surface area contributed by atoms with Crippen LogP contribution in [0.4, 0.5) is 5.69 Å². The molecule has 20 heavy (non-hydrogen) atoms. The van der Waals surface area contributed by atoms with Crippen molar-refractivity contribution in [1.82, 2.24) is 10.4 Å². The Bertz CT molecular complexity index is 611. The van der Waals surface area contributed by atoms with Crippen LogP contribution in [0.1, 0.15) is 25.7 Å². The number of nitrogens with one attached hydrogen (secondary N) is 2. The number of hydrogen-bond acceptors (Lipinski definition) is 3. The van der Waals surface area contributed by atoms with Crippen LogP contribution in [0.3, 0.4) is 0 Å². The molecule has 0 amide bonds. The predicted molar refractivity (Wildman–Crippen MR) is 82.4 cm³/mol. The third kappa shape index (κ3) is 2.72. The van der Waals surface area contributed by atoms with Crippen LogP contribution in [-0.4, -0.2) is 17.0 Å². The number of anilines is 1.